The van der Waals surface area contributed by atoms with Crippen LogP contribution in [0.4, 0.5) is 5.69 Å². The zero-order chi connectivity index (χ0) is 21.6. The van der Waals surface area contributed by atoms with Gasteiger partial charge >= 0.3 is 11.9 Å². The summed E-state index contributed by atoms with van der Waals surface area (Å²) < 4.78 is 20.1. The number of hydrogen-bond donors (Lipinski definition) is 1. The number of benzene rings is 1. The number of amides is 1. The number of esters is 2. The second-order valence-corrected chi connectivity index (χ2v) is 6.62. The van der Waals surface area contributed by atoms with Crippen molar-refractivity contribution in [3.63, 3.8) is 0 Å². The summed E-state index contributed by atoms with van der Waals surface area (Å²) in [4.78, 5) is 46.7. The van der Waals surface area contributed by atoms with Gasteiger partial charge in [0, 0.05) is 6.07 Å². The molecule has 1 atom stereocenters. The van der Waals surface area contributed by atoms with E-state index in [0.717, 1.165) is 12.1 Å². The van der Waals surface area contributed by atoms with Gasteiger partial charge in [0.05, 0.1) is 18.1 Å². The Morgan fingerprint density at radius 2 is 1.83 bits per heavy atom. The van der Waals surface area contributed by atoms with E-state index in [0.29, 0.717) is 6.42 Å². The van der Waals surface area contributed by atoms with Gasteiger partial charge in [-0.1, -0.05) is 13.8 Å². The molecule has 0 aromatic heterocycles. The highest BCUT2D eigenvalue weighted by Gasteiger charge is 2.28. The fraction of sp³-hybridized carbons (Fsp3) is 0.500. The molecule has 1 heterocycles. The number of hydrogen-bond acceptors (Lipinski definition) is 9. The molecule has 29 heavy (non-hydrogen) atoms. The summed E-state index contributed by atoms with van der Waals surface area (Å²) in [5.74, 6) is -2.03. The fourth-order valence-electron chi connectivity index (χ4n) is 2.67. The molecule has 158 valence electrons. The van der Waals surface area contributed by atoms with Crippen LogP contribution < -0.4 is 14.8 Å². The van der Waals surface area contributed by atoms with Crippen molar-refractivity contribution in [2.45, 2.75) is 26.3 Å². The van der Waals surface area contributed by atoms with E-state index in [1.54, 1.807) is 0 Å². The Hall–Kier alpha value is -3.37. The molecule has 1 aliphatic rings. The minimum Gasteiger partial charge on any atom is -0.486 e. The molecule has 11 heteroatoms. The van der Waals surface area contributed by atoms with Crippen molar-refractivity contribution < 1.29 is 38.3 Å². The Morgan fingerprint density at radius 1 is 1.21 bits per heavy atom. The summed E-state index contributed by atoms with van der Waals surface area (Å²) in [6.07, 6.45) is 0.333. The number of nitrogens with zero attached hydrogens (tertiary/aromatic N) is 1. The maximum Gasteiger partial charge on any atom is 0.345 e. The first kappa shape index (κ1) is 21.9. The van der Waals surface area contributed by atoms with Crippen LogP contribution in [-0.4, -0.2) is 55.7 Å². The average molecular weight is 410 g/mol. The summed E-state index contributed by atoms with van der Waals surface area (Å²) in [6.45, 7) is 3.46. The van der Waals surface area contributed by atoms with Gasteiger partial charge in [-0.2, -0.15) is 0 Å². The van der Waals surface area contributed by atoms with Crippen molar-refractivity contribution in [3.05, 3.63) is 27.8 Å². The van der Waals surface area contributed by atoms with Crippen LogP contribution in [0.5, 0.6) is 11.5 Å². The van der Waals surface area contributed by atoms with Crippen molar-refractivity contribution in [2.75, 3.05) is 26.9 Å². The van der Waals surface area contributed by atoms with Crippen molar-refractivity contribution in [2.24, 2.45) is 5.92 Å². The lowest BCUT2D eigenvalue weighted by Crippen LogP contribution is -2.44. The number of nitrogens with one attached hydrogen (secondary N) is 1. The van der Waals surface area contributed by atoms with E-state index in [2.05, 4.69) is 10.1 Å². The van der Waals surface area contributed by atoms with Crippen LogP contribution in [0.2, 0.25) is 0 Å². The first-order valence-electron chi connectivity index (χ1n) is 8.85. The molecule has 11 nitrogen and oxygen atoms in total. The van der Waals surface area contributed by atoms with Gasteiger partial charge in [0.1, 0.15) is 24.8 Å². The maximum atomic E-state index is 12.3. The minimum absolute atomic E-state index is 0.0994. The normalized spacial score (nSPS) is 13.4. The third kappa shape index (κ3) is 5.80. The van der Waals surface area contributed by atoms with Crippen LogP contribution in [0.1, 0.15) is 30.6 Å². The third-order valence-electron chi connectivity index (χ3n) is 3.94. The minimum atomic E-state index is -1.08. The molecule has 0 aliphatic carbocycles. The van der Waals surface area contributed by atoms with Gasteiger partial charge in [-0.05, 0) is 12.3 Å². The molecule has 0 saturated carbocycles. The largest absolute Gasteiger partial charge is 0.486 e. The Labute approximate surface area is 166 Å². The first-order valence-corrected chi connectivity index (χ1v) is 8.85. The van der Waals surface area contributed by atoms with Gasteiger partial charge < -0.3 is 24.3 Å². The molecule has 0 saturated heterocycles. The lowest BCUT2D eigenvalue weighted by molar-refractivity contribution is -0.385. The van der Waals surface area contributed by atoms with Crippen LogP contribution in [0, 0.1) is 16.0 Å². The number of carbonyl (C=O) groups excluding carboxylic acids is 3. The van der Waals surface area contributed by atoms with Gasteiger partial charge in [0.25, 0.3) is 11.6 Å². The Kier molecular flexibility index (Phi) is 7.34. The Balaban J connectivity index is 2.07. The summed E-state index contributed by atoms with van der Waals surface area (Å²) in [5, 5.41) is 13.7. The molecule has 0 radical (unpaired) electrons. The summed E-state index contributed by atoms with van der Waals surface area (Å²) in [7, 11) is 1.20. The topological polar surface area (TPSA) is 143 Å². The van der Waals surface area contributed by atoms with Gasteiger partial charge in [0.15, 0.2) is 18.1 Å². The van der Waals surface area contributed by atoms with Gasteiger partial charge in [-0.25, -0.2) is 9.59 Å². The quantitative estimate of drug-likeness (QED) is 0.380. The highest BCUT2D eigenvalue weighted by Crippen LogP contribution is 2.36. The molecular formula is C18H22N2O9. The summed E-state index contributed by atoms with van der Waals surface area (Å²) in [5.41, 5.74) is -0.911. The molecule has 1 aromatic rings. The van der Waals surface area contributed by atoms with Crippen LogP contribution in [-0.2, 0) is 19.1 Å². The van der Waals surface area contributed by atoms with Crippen LogP contribution in [0.3, 0.4) is 0 Å². The predicted octanol–water partition coefficient (Wildman–Crippen LogP) is 1.23. The van der Waals surface area contributed by atoms with Crippen molar-refractivity contribution in [3.8, 4) is 11.5 Å². The van der Waals surface area contributed by atoms with E-state index in [-0.39, 0.29) is 36.2 Å². The van der Waals surface area contributed by atoms with Gasteiger partial charge in [0.2, 0.25) is 0 Å². The number of ether oxygens (including phenoxy) is 4. The maximum absolute atomic E-state index is 12.3. The first-order chi connectivity index (χ1) is 13.7. The van der Waals surface area contributed by atoms with Crippen molar-refractivity contribution >= 4 is 23.5 Å². The average Bonchev–Trinajstić information content (AvgIpc) is 2.69. The molecule has 0 bridgehead atoms. The number of methoxy groups -OCH3 is 1. The molecule has 0 spiro atoms. The van der Waals surface area contributed by atoms with Crippen LogP contribution in [0.15, 0.2) is 12.1 Å². The molecule has 1 unspecified atom stereocenters. The smallest absolute Gasteiger partial charge is 0.345 e. The molecule has 1 aliphatic heterocycles. The van der Waals surface area contributed by atoms with E-state index >= 15 is 0 Å². The number of carbonyl (C=O) groups is 3. The number of rotatable bonds is 8. The predicted molar refractivity (Wildman–Crippen MR) is 97.8 cm³/mol. The summed E-state index contributed by atoms with van der Waals surface area (Å²) in [6, 6.07) is 1.32. The second kappa shape index (κ2) is 9.71. The van der Waals surface area contributed by atoms with Crippen molar-refractivity contribution in [1.82, 2.24) is 5.32 Å². The Bertz CT molecular complexity index is 807. The van der Waals surface area contributed by atoms with E-state index < -0.39 is 41.1 Å². The lowest BCUT2D eigenvalue weighted by atomic mass is 10.0. The molecule has 1 N–H and O–H groups in total. The molecule has 1 aromatic carbocycles. The van der Waals surface area contributed by atoms with Crippen LogP contribution >= 0.6 is 0 Å². The SMILES string of the molecule is COC(=O)C(CC(C)C)NC(=O)COC(=O)c1cc2c(cc1[N+](=O)[O-])OCCO2. The zero-order valence-electron chi connectivity index (χ0n) is 16.3. The standard InChI is InChI=1S/C18H22N2O9/c1-10(2)6-12(18(23)26-3)19-16(21)9-29-17(22)11-7-14-15(28-5-4-27-14)8-13(11)20(24)25/h7-8,10,12H,4-6,9H2,1-3H3,(H,19,21). The van der Waals surface area contributed by atoms with E-state index in [1.165, 1.54) is 7.11 Å². The highest BCUT2D eigenvalue weighted by atomic mass is 16.6. The van der Waals surface area contributed by atoms with E-state index in [4.69, 9.17) is 14.2 Å². The number of nitro benzene ring substituents is 1. The van der Waals surface area contributed by atoms with Crippen LogP contribution in [0.25, 0.3) is 0 Å². The number of fused-ring (bicyclic) bond motifs is 1. The summed E-state index contributed by atoms with van der Waals surface area (Å²) >= 11 is 0. The van der Waals surface area contributed by atoms with E-state index in [1.807, 2.05) is 13.8 Å². The van der Waals surface area contributed by atoms with E-state index in [9.17, 15) is 24.5 Å². The highest BCUT2D eigenvalue weighted by molar-refractivity contribution is 5.96. The van der Waals surface area contributed by atoms with Crippen molar-refractivity contribution in [1.29, 1.82) is 0 Å². The molecule has 2 rings (SSSR count). The fourth-order valence-corrected chi connectivity index (χ4v) is 2.67. The Morgan fingerprint density at radius 3 is 2.38 bits per heavy atom. The lowest BCUT2D eigenvalue weighted by Gasteiger charge is -2.19. The molecular weight excluding hydrogens is 388 g/mol. The van der Waals surface area contributed by atoms with Gasteiger partial charge in [-0.3, -0.25) is 14.9 Å². The molecule has 0 fully saturated rings. The van der Waals surface area contributed by atoms with Gasteiger partial charge in [-0.15, -0.1) is 0 Å². The number of nitro groups is 1. The second-order valence-electron chi connectivity index (χ2n) is 6.62. The molecule has 1 amide bonds. The third-order valence-corrected chi connectivity index (χ3v) is 3.94. The zero-order valence-corrected chi connectivity index (χ0v) is 16.3. The monoisotopic (exact) mass is 410 g/mol.